The lowest BCUT2D eigenvalue weighted by Gasteiger charge is -2.18. The van der Waals surface area contributed by atoms with Crippen LogP contribution in [0.25, 0.3) is 22.2 Å². The van der Waals surface area contributed by atoms with Gasteiger partial charge in [-0.2, -0.15) is 0 Å². The summed E-state index contributed by atoms with van der Waals surface area (Å²) >= 11 is 0. The summed E-state index contributed by atoms with van der Waals surface area (Å²) in [6.07, 6.45) is 0. The SMILES string of the molecule is CCN(CC)CCNC(=O)c1cc(-c2ccccc2OC)nc2ccccc12. The van der Waals surface area contributed by atoms with Crippen molar-refractivity contribution >= 4 is 16.8 Å². The average molecular weight is 377 g/mol. The lowest BCUT2D eigenvalue weighted by molar-refractivity contribution is 0.0950. The Morgan fingerprint density at radius 3 is 2.54 bits per heavy atom. The molecule has 1 N–H and O–H groups in total. The molecule has 5 heteroatoms. The van der Waals surface area contributed by atoms with E-state index in [1.54, 1.807) is 7.11 Å². The molecule has 5 nitrogen and oxygen atoms in total. The first kappa shape index (κ1) is 19.8. The molecule has 0 saturated heterocycles. The summed E-state index contributed by atoms with van der Waals surface area (Å²) in [5.41, 5.74) is 3.02. The fourth-order valence-electron chi connectivity index (χ4n) is 3.32. The zero-order valence-corrected chi connectivity index (χ0v) is 16.7. The van der Waals surface area contributed by atoms with Crippen molar-refractivity contribution in [3.05, 3.63) is 60.2 Å². The number of likely N-dealkylation sites (N-methyl/N-ethyl adjacent to an activating group) is 1. The molecule has 28 heavy (non-hydrogen) atoms. The molecule has 0 saturated carbocycles. The number of aromatic nitrogens is 1. The van der Waals surface area contributed by atoms with Gasteiger partial charge < -0.3 is 15.0 Å². The maximum atomic E-state index is 13.0. The minimum Gasteiger partial charge on any atom is -0.496 e. The number of nitrogens with one attached hydrogen (secondary N) is 1. The molecule has 146 valence electrons. The number of rotatable bonds is 8. The molecule has 3 aromatic rings. The first-order valence-corrected chi connectivity index (χ1v) is 9.71. The van der Waals surface area contributed by atoms with Crippen molar-refractivity contribution in [2.75, 3.05) is 33.3 Å². The van der Waals surface area contributed by atoms with Crippen molar-refractivity contribution in [2.45, 2.75) is 13.8 Å². The number of benzene rings is 2. The summed E-state index contributed by atoms with van der Waals surface area (Å²) in [4.78, 5) is 20.0. The van der Waals surface area contributed by atoms with Gasteiger partial charge in [0.25, 0.3) is 5.91 Å². The minimum atomic E-state index is -0.0816. The van der Waals surface area contributed by atoms with Gasteiger partial charge in [0.05, 0.1) is 23.9 Å². The molecule has 0 radical (unpaired) electrons. The van der Waals surface area contributed by atoms with Crippen molar-refractivity contribution in [2.24, 2.45) is 0 Å². The number of pyridine rings is 1. The number of para-hydroxylation sites is 2. The summed E-state index contributed by atoms with van der Waals surface area (Å²) in [7, 11) is 1.64. The first-order valence-electron chi connectivity index (χ1n) is 9.71. The van der Waals surface area contributed by atoms with E-state index >= 15 is 0 Å². The highest BCUT2D eigenvalue weighted by Gasteiger charge is 2.15. The van der Waals surface area contributed by atoms with E-state index in [1.165, 1.54) is 0 Å². The number of methoxy groups -OCH3 is 1. The van der Waals surface area contributed by atoms with Crippen LogP contribution in [-0.2, 0) is 0 Å². The monoisotopic (exact) mass is 377 g/mol. The Labute approximate surface area is 166 Å². The lowest BCUT2D eigenvalue weighted by Crippen LogP contribution is -2.34. The Morgan fingerprint density at radius 2 is 1.79 bits per heavy atom. The van der Waals surface area contributed by atoms with Gasteiger partial charge in [0.2, 0.25) is 0 Å². The molecule has 0 aliphatic heterocycles. The van der Waals surface area contributed by atoms with E-state index in [-0.39, 0.29) is 5.91 Å². The molecule has 0 spiro atoms. The number of carbonyl (C=O) groups is 1. The van der Waals surface area contributed by atoms with Crippen molar-refractivity contribution in [3.63, 3.8) is 0 Å². The van der Waals surface area contributed by atoms with Crippen LogP contribution in [0.15, 0.2) is 54.6 Å². The highest BCUT2D eigenvalue weighted by atomic mass is 16.5. The van der Waals surface area contributed by atoms with Crippen LogP contribution in [0.3, 0.4) is 0 Å². The van der Waals surface area contributed by atoms with Gasteiger partial charge in [0.15, 0.2) is 0 Å². The highest BCUT2D eigenvalue weighted by molar-refractivity contribution is 6.07. The summed E-state index contributed by atoms with van der Waals surface area (Å²) in [5.74, 6) is 0.653. The molecule has 0 aliphatic rings. The highest BCUT2D eigenvalue weighted by Crippen LogP contribution is 2.31. The average Bonchev–Trinajstić information content (AvgIpc) is 2.75. The third kappa shape index (κ3) is 4.31. The number of carbonyl (C=O) groups excluding carboxylic acids is 1. The van der Waals surface area contributed by atoms with Gasteiger partial charge in [-0.05, 0) is 37.4 Å². The molecule has 1 heterocycles. The fraction of sp³-hybridized carbons (Fsp3) is 0.304. The van der Waals surface area contributed by atoms with Gasteiger partial charge in [-0.25, -0.2) is 4.98 Å². The second kappa shape index (κ2) is 9.33. The molecule has 0 unspecified atom stereocenters. The Hall–Kier alpha value is -2.92. The Balaban J connectivity index is 1.96. The van der Waals surface area contributed by atoms with Crippen LogP contribution < -0.4 is 10.1 Å². The van der Waals surface area contributed by atoms with Crippen molar-refractivity contribution < 1.29 is 9.53 Å². The molecule has 1 aromatic heterocycles. The van der Waals surface area contributed by atoms with Crippen LogP contribution >= 0.6 is 0 Å². The third-order valence-corrected chi connectivity index (χ3v) is 4.95. The Kier molecular flexibility index (Phi) is 6.61. The summed E-state index contributed by atoms with van der Waals surface area (Å²) < 4.78 is 5.48. The largest absolute Gasteiger partial charge is 0.496 e. The van der Waals surface area contributed by atoms with Gasteiger partial charge in [0.1, 0.15) is 5.75 Å². The third-order valence-electron chi connectivity index (χ3n) is 4.95. The van der Waals surface area contributed by atoms with Crippen molar-refractivity contribution in [1.29, 1.82) is 0 Å². The molecule has 1 amide bonds. The molecule has 0 bridgehead atoms. The quantitative estimate of drug-likeness (QED) is 0.645. The number of hydrogen-bond acceptors (Lipinski definition) is 4. The molecular weight excluding hydrogens is 350 g/mol. The predicted octanol–water partition coefficient (Wildman–Crippen LogP) is 3.98. The van der Waals surface area contributed by atoms with Crippen LogP contribution in [0.4, 0.5) is 0 Å². The summed E-state index contributed by atoms with van der Waals surface area (Å²) in [6, 6.07) is 17.3. The number of hydrogen-bond donors (Lipinski definition) is 1. The van der Waals surface area contributed by atoms with Gasteiger partial charge in [-0.1, -0.05) is 44.2 Å². The number of amides is 1. The zero-order chi connectivity index (χ0) is 19.9. The fourth-order valence-corrected chi connectivity index (χ4v) is 3.32. The van der Waals surface area contributed by atoms with E-state index in [9.17, 15) is 4.79 Å². The number of ether oxygens (including phenoxy) is 1. The van der Waals surface area contributed by atoms with Gasteiger partial charge in [0, 0.05) is 24.0 Å². The van der Waals surface area contributed by atoms with Crippen LogP contribution in [-0.4, -0.2) is 49.1 Å². The van der Waals surface area contributed by atoms with Crippen LogP contribution in [0.5, 0.6) is 5.75 Å². The van der Waals surface area contributed by atoms with E-state index in [1.807, 2.05) is 54.6 Å². The lowest BCUT2D eigenvalue weighted by atomic mass is 10.0. The molecule has 0 fully saturated rings. The number of fused-ring (bicyclic) bond motifs is 1. The molecule has 0 aliphatic carbocycles. The zero-order valence-electron chi connectivity index (χ0n) is 16.7. The maximum absolute atomic E-state index is 13.0. The molecular formula is C23H27N3O2. The van der Waals surface area contributed by atoms with Gasteiger partial charge >= 0.3 is 0 Å². The van der Waals surface area contributed by atoms with Gasteiger partial charge in [-0.15, -0.1) is 0 Å². The summed E-state index contributed by atoms with van der Waals surface area (Å²) in [6.45, 7) is 7.65. The Bertz CT molecular complexity index is 951. The smallest absolute Gasteiger partial charge is 0.252 e. The standard InChI is InChI=1S/C23H27N3O2/c1-4-26(5-2)15-14-24-23(27)19-16-21(18-11-7-9-13-22(18)28-3)25-20-12-8-6-10-17(19)20/h6-13,16H,4-5,14-15H2,1-3H3,(H,24,27). The molecule has 3 rings (SSSR count). The van der Waals surface area contributed by atoms with E-state index in [4.69, 9.17) is 9.72 Å². The van der Waals surface area contributed by atoms with E-state index in [0.29, 0.717) is 12.1 Å². The normalized spacial score (nSPS) is 11.0. The first-order chi connectivity index (χ1) is 13.7. The second-order valence-electron chi connectivity index (χ2n) is 6.56. The van der Waals surface area contributed by atoms with Crippen molar-refractivity contribution in [1.82, 2.24) is 15.2 Å². The van der Waals surface area contributed by atoms with Crippen LogP contribution in [0.2, 0.25) is 0 Å². The molecule has 0 atom stereocenters. The minimum absolute atomic E-state index is 0.0816. The van der Waals surface area contributed by atoms with Crippen molar-refractivity contribution in [3.8, 4) is 17.0 Å². The van der Waals surface area contributed by atoms with E-state index in [0.717, 1.165) is 47.5 Å². The van der Waals surface area contributed by atoms with Crippen LogP contribution in [0.1, 0.15) is 24.2 Å². The topological polar surface area (TPSA) is 54.5 Å². The maximum Gasteiger partial charge on any atom is 0.252 e. The van der Waals surface area contributed by atoms with Gasteiger partial charge in [-0.3, -0.25) is 4.79 Å². The molecule has 2 aromatic carbocycles. The van der Waals surface area contributed by atoms with E-state index in [2.05, 4.69) is 24.1 Å². The summed E-state index contributed by atoms with van der Waals surface area (Å²) in [5, 5.41) is 3.91. The second-order valence-corrected chi connectivity index (χ2v) is 6.56. The number of nitrogens with zero attached hydrogens (tertiary/aromatic N) is 2. The van der Waals surface area contributed by atoms with E-state index < -0.39 is 0 Å². The predicted molar refractivity (Wildman–Crippen MR) is 114 cm³/mol. The van der Waals surface area contributed by atoms with Crippen LogP contribution in [0, 0.1) is 0 Å². The Morgan fingerprint density at radius 1 is 1.07 bits per heavy atom.